The number of hydrogen-bond donors (Lipinski definition) is 1. The molecular formula is C21H19N3OS. The second-order valence-electron chi connectivity index (χ2n) is 6.30. The first-order valence-corrected chi connectivity index (χ1v) is 9.45. The molecule has 0 atom stereocenters. The molecule has 4 aromatic rings. The molecule has 0 aliphatic rings. The highest BCUT2D eigenvalue weighted by Crippen LogP contribution is 2.27. The minimum atomic E-state index is -0.113. The summed E-state index contributed by atoms with van der Waals surface area (Å²) in [6, 6.07) is 13.8. The first kappa shape index (κ1) is 16.7. The molecule has 0 fully saturated rings. The molecule has 0 bridgehead atoms. The van der Waals surface area contributed by atoms with Crippen molar-refractivity contribution in [3.8, 4) is 0 Å². The fourth-order valence-corrected chi connectivity index (χ4v) is 4.18. The van der Waals surface area contributed by atoms with E-state index in [1.165, 1.54) is 0 Å². The van der Waals surface area contributed by atoms with E-state index in [9.17, 15) is 4.79 Å². The summed E-state index contributed by atoms with van der Waals surface area (Å²) in [5, 5.41) is 5.08. The summed E-state index contributed by atoms with van der Waals surface area (Å²) >= 11 is 1.63. The van der Waals surface area contributed by atoms with Crippen molar-refractivity contribution < 1.29 is 4.79 Å². The van der Waals surface area contributed by atoms with Gasteiger partial charge in [-0.05, 0) is 50.1 Å². The molecule has 4 nitrogen and oxygen atoms in total. The number of amides is 1. The minimum Gasteiger partial charge on any atom is -0.322 e. The maximum Gasteiger partial charge on any atom is 0.257 e. The van der Waals surface area contributed by atoms with E-state index in [-0.39, 0.29) is 5.91 Å². The number of nitrogens with zero attached hydrogens (tertiary/aromatic N) is 2. The third-order valence-electron chi connectivity index (χ3n) is 4.54. The van der Waals surface area contributed by atoms with E-state index in [1.54, 1.807) is 11.3 Å². The molecule has 1 N–H and O–H groups in total. The molecule has 0 unspecified atom stereocenters. The van der Waals surface area contributed by atoms with Crippen LogP contribution in [0.15, 0.2) is 42.5 Å². The summed E-state index contributed by atoms with van der Waals surface area (Å²) in [6.07, 6.45) is 0.710. The maximum atomic E-state index is 13.0. The van der Waals surface area contributed by atoms with Crippen LogP contribution in [0.2, 0.25) is 0 Å². The van der Waals surface area contributed by atoms with E-state index in [0.29, 0.717) is 12.0 Å². The van der Waals surface area contributed by atoms with Gasteiger partial charge in [0, 0.05) is 11.1 Å². The molecular weight excluding hydrogens is 342 g/mol. The zero-order valence-electron chi connectivity index (χ0n) is 15.0. The Bertz CT molecular complexity index is 1150. The predicted molar refractivity (Wildman–Crippen MR) is 108 cm³/mol. The Labute approximate surface area is 155 Å². The lowest BCUT2D eigenvalue weighted by molar-refractivity contribution is 0.102. The largest absolute Gasteiger partial charge is 0.322 e. The van der Waals surface area contributed by atoms with Gasteiger partial charge in [0.15, 0.2) is 0 Å². The Balaban J connectivity index is 1.75. The summed E-state index contributed by atoms with van der Waals surface area (Å²) in [5.41, 5.74) is 5.14. The number of carbonyl (C=O) groups excluding carboxylic acids is 1. The van der Waals surface area contributed by atoms with Gasteiger partial charge in [0.2, 0.25) is 0 Å². The number of nitrogens with one attached hydrogen (secondary N) is 1. The molecule has 0 saturated carbocycles. The second kappa shape index (κ2) is 6.50. The zero-order chi connectivity index (χ0) is 18.3. The number of benzene rings is 2. The van der Waals surface area contributed by atoms with Crippen LogP contribution in [0.1, 0.15) is 33.5 Å². The van der Waals surface area contributed by atoms with Crippen LogP contribution < -0.4 is 5.32 Å². The Morgan fingerprint density at radius 2 is 1.88 bits per heavy atom. The summed E-state index contributed by atoms with van der Waals surface area (Å²) < 4.78 is 1.07. The third kappa shape index (κ3) is 2.84. The van der Waals surface area contributed by atoms with Gasteiger partial charge in [-0.25, -0.2) is 4.98 Å². The highest BCUT2D eigenvalue weighted by molar-refractivity contribution is 7.18. The highest BCUT2D eigenvalue weighted by atomic mass is 32.1. The lowest BCUT2D eigenvalue weighted by Crippen LogP contribution is -2.17. The fourth-order valence-electron chi connectivity index (χ4n) is 3.31. The normalized spacial score (nSPS) is 11.2. The van der Waals surface area contributed by atoms with Gasteiger partial charge >= 0.3 is 0 Å². The van der Waals surface area contributed by atoms with E-state index in [2.05, 4.69) is 10.3 Å². The summed E-state index contributed by atoms with van der Waals surface area (Å²) in [4.78, 5) is 22.2. The van der Waals surface area contributed by atoms with E-state index < -0.39 is 0 Å². The number of aromatic nitrogens is 2. The average molecular weight is 361 g/mol. The lowest BCUT2D eigenvalue weighted by atomic mass is 9.99. The molecule has 5 heteroatoms. The second-order valence-corrected chi connectivity index (χ2v) is 7.53. The lowest BCUT2D eigenvalue weighted by Gasteiger charge is -2.14. The number of carbonyl (C=O) groups is 1. The van der Waals surface area contributed by atoms with Crippen LogP contribution in [-0.2, 0) is 6.42 Å². The van der Waals surface area contributed by atoms with Crippen LogP contribution >= 0.6 is 11.3 Å². The number of fused-ring (bicyclic) bond motifs is 2. The molecule has 130 valence electrons. The Morgan fingerprint density at radius 1 is 1.08 bits per heavy atom. The Kier molecular flexibility index (Phi) is 4.17. The van der Waals surface area contributed by atoms with Crippen molar-refractivity contribution in [2.45, 2.75) is 27.2 Å². The minimum absolute atomic E-state index is 0.113. The molecule has 2 aromatic heterocycles. The van der Waals surface area contributed by atoms with Crippen LogP contribution in [0, 0.1) is 13.8 Å². The number of anilines is 1. The number of rotatable bonds is 3. The number of thiazole rings is 1. The molecule has 1 amide bonds. The average Bonchev–Trinajstić information content (AvgIpc) is 3.00. The molecule has 0 aliphatic heterocycles. The number of hydrogen-bond acceptors (Lipinski definition) is 4. The van der Waals surface area contributed by atoms with Gasteiger partial charge in [0.05, 0.1) is 32.0 Å². The quantitative estimate of drug-likeness (QED) is 0.540. The van der Waals surface area contributed by atoms with E-state index >= 15 is 0 Å². The predicted octanol–water partition coefficient (Wildman–Crippen LogP) is 5.28. The van der Waals surface area contributed by atoms with Crippen molar-refractivity contribution in [2.75, 3.05) is 5.32 Å². The molecule has 2 aromatic carbocycles. The van der Waals surface area contributed by atoms with Crippen molar-refractivity contribution in [1.82, 2.24) is 9.97 Å². The maximum absolute atomic E-state index is 13.0. The van der Waals surface area contributed by atoms with E-state index in [4.69, 9.17) is 4.98 Å². The highest BCUT2D eigenvalue weighted by Gasteiger charge is 2.18. The Hall–Kier alpha value is -2.79. The van der Waals surface area contributed by atoms with Crippen molar-refractivity contribution >= 4 is 44.1 Å². The molecule has 0 spiro atoms. The van der Waals surface area contributed by atoms with Gasteiger partial charge < -0.3 is 5.32 Å². The standard InChI is InChI=1S/C21H19N3OS/c1-4-16-20(12(2)15-7-5-6-8-17(15)24-16)21(25)23-14-9-10-18-19(11-14)26-13(3)22-18/h5-11H,4H2,1-3H3,(H,23,25). The first-order chi connectivity index (χ1) is 12.6. The Morgan fingerprint density at radius 3 is 2.69 bits per heavy atom. The summed E-state index contributed by atoms with van der Waals surface area (Å²) in [6.45, 7) is 6.01. The van der Waals surface area contributed by atoms with Crippen LogP contribution in [0.4, 0.5) is 5.69 Å². The number of pyridine rings is 1. The molecule has 2 heterocycles. The zero-order valence-corrected chi connectivity index (χ0v) is 15.8. The van der Waals surface area contributed by atoms with Crippen molar-refractivity contribution in [1.29, 1.82) is 0 Å². The van der Waals surface area contributed by atoms with Gasteiger partial charge in [-0.1, -0.05) is 25.1 Å². The van der Waals surface area contributed by atoms with E-state index in [0.717, 1.165) is 43.1 Å². The molecule has 0 saturated heterocycles. The van der Waals surface area contributed by atoms with Gasteiger partial charge in [-0.3, -0.25) is 9.78 Å². The van der Waals surface area contributed by atoms with Crippen LogP contribution in [0.3, 0.4) is 0 Å². The summed E-state index contributed by atoms with van der Waals surface area (Å²) in [5.74, 6) is -0.113. The third-order valence-corrected chi connectivity index (χ3v) is 5.48. The van der Waals surface area contributed by atoms with Gasteiger partial charge in [-0.15, -0.1) is 11.3 Å². The van der Waals surface area contributed by atoms with E-state index in [1.807, 2.05) is 63.2 Å². The fraction of sp³-hybridized carbons (Fsp3) is 0.190. The SMILES string of the molecule is CCc1nc2ccccc2c(C)c1C(=O)Nc1ccc2nc(C)sc2c1. The van der Waals surface area contributed by atoms with Crippen LogP contribution in [0.25, 0.3) is 21.1 Å². The van der Waals surface area contributed by atoms with Gasteiger partial charge in [0.1, 0.15) is 0 Å². The number of para-hydroxylation sites is 1. The topological polar surface area (TPSA) is 54.9 Å². The molecule has 26 heavy (non-hydrogen) atoms. The van der Waals surface area contributed by atoms with Gasteiger partial charge in [-0.2, -0.15) is 0 Å². The van der Waals surface area contributed by atoms with Crippen LogP contribution in [0.5, 0.6) is 0 Å². The molecule has 0 aliphatic carbocycles. The van der Waals surface area contributed by atoms with Crippen molar-refractivity contribution in [3.05, 3.63) is 64.3 Å². The molecule has 4 rings (SSSR count). The van der Waals surface area contributed by atoms with Crippen molar-refractivity contribution in [3.63, 3.8) is 0 Å². The van der Waals surface area contributed by atoms with Crippen LogP contribution in [-0.4, -0.2) is 15.9 Å². The van der Waals surface area contributed by atoms with Gasteiger partial charge in [0.25, 0.3) is 5.91 Å². The number of aryl methyl sites for hydroxylation is 3. The smallest absolute Gasteiger partial charge is 0.257 e. The summed E-state index contributed by atoms with van der Waals surface area (Å²) in [7, 11) is 0. The first-order valence-electron chi connectivity index (χ1n) is 8.63. The molecule has 0 radical (unpaired) electrons. The van der Waals surface area contributed by atoms with Crippen molar-refractivity contribution in [2.24, 2.45) is 0 Å². The monoisotopic (exact) mass is 361 g/mol.